The van der Waals surface area contributed by atoms with E-state index in [9.17, 15) is 0 Å². The fraction of sp³-hybridized carbons (Fsp3) is 0.0455. The van der Waals surface area contributed by atoms with Crippen LogP contribution in [0, 0.1) is 6.92 Å². The minimum Gasteiger partial charge on any atom is -0.208 e. The molecule has 0 N–H and O–H groups in total. The van der Waals surface area contributed by atoms with Crippen molar-refractivity contribution in [2.75, 3.05) is 0 Å². The molecule has 0 aliphatic heterocycles. The first kappa shape index (κ1) is 16.4. The van der Waals surface area contributed by atoms with Crippen LogP contribution in [0.25, 0.3) is 34.2 Å². The molecule has 0 aliphatic carbocycles. The minimum absolute atomic E-state index is 0.608. The topological polar surface area (TPSA) is 38.7 Å². The Morgan fingerprint density at radius 3 is 1.73 bits per heavy atom. The Balaban J connectivity index is 1.91. The summed E-state index contributed by atoms with van der Waals surface area (Å²) in [5.41, 5.74) is 3.97. The van der Waals surface area contributed by atoms with Crippen molar-refractivity contribution in [2.45, 2.75) is 6.92 Å². The zero-order chi connectivity index (χ0) is 17.9. The predicted molar refractivity (Wildman–Crippen MR) is 106 cm³/mol. The van der Waals surface area contributed by atoms with Crippen molar-refractivity contribution in [3.05, 3.63) is 89.4 Å². The largest absolute Gasteiger partial charge is 0.208 e. The van der Waals surface area contributed by atoms with Gasteiger partial charge in [0.05, 0.1) is 0 Å². The first-order valence-corrected chi connectivity index (χ1v) is 8.71. The average molecular weight is 358 g/mol. The van der Waals surface area contributed by atoms with Gasteiger partial charge >= 0.3 is 0 Å². The van der Waals surface area contributed by atoms with Crippen LogP contribution >= 0.6 is 11.6 Å². The molecule has 0 unspecified atom stereocenters. The molecule has 0 saturated heterocycles. The van der Waals surface area contributed by atoms with Gasteiger partial charge in [-0.05, 0) is 19.1 Å². The second-order valence-corrected chi connectivity index (χ2v) is 6.49. The highest BCUT2D eigenvalue weighted by molar-refractivity contribution is 6.30. The highest BCUT2D eigenvalue weighted by atomic mass is 35.5. The number of rotatable bonds is 3. The summed E-state index contributed by atoms with van der Waals surface area (Å²) in [6.07, 6.45) is 0. The van der Waals surface area contributed by atoms with E-state index in [0.717, 1.165) is 16.7 Å². The number of benzene rings is 3. The van der Waals surface area contributed by atoms with Crippen molar-refractivity contribution in [1.82, 2.24) is 15.0 Å². The van der Waals surface area contributed by atoms with E-state index in [1.807, 2.05) is 66.7 Å². The van der Waals surface area contributed by atoms with E-state index in [2.05, 4.69) is 29.0 Å². The molecular weight excluding hydrogens is 342 g/mol. The smallest absolute Gasteiger partial charge is 0.164 e. The Hall–Kier alpha value is -3.04. The fourth-order valence-corrected chi connectivity index (χ4v) is 2.87. The van der Waals surface area contributed by atoms with E-state index < -0.39 is 0 Å². The van der Waals surface area contributed by atoms with Crippen LogP contribution in [0.1, 0.15) is 5.56 Å². The molecule has 0 fully saturated rings. The molecule has 4 aromatic rings. The molecule has 1 aromatic heterocycles. The van der Waals surface area contributed by atoms with Crippen LogP contribution in [0.15, 0.2) is 78.9 Å². The lowest BCUT2D eigenvalue weighted by molar-refractivity contribution is 1.07. The van der Waals surface area contributed by atoms with Crippen molar-refractivity contribution in [2.24, 2.45) is 0 Å². The third-order valence-corrected chi connectivity index (χ3v) is 4.30. The van der Waals surface area contributed by atoms with E-state index in [0.29, 0.717) is 22.5 Å². The Kier molecular flexibility index (Phi) is 4.46. The van der Waals surface area contributed by atoms with Gasteiger partial charge in [-0.2, -0.15) is 0 Å². The lowest BCUT2D eigenvalue weighted by Gasteiger charge is -2.08. The zero-order valence-electron chi connectivity index (χ0n) is 14.2. The molecule has 0 aliphatic rings. The maximum Gasteiger partial charge on any atom is 0.164 e. The van der Waals surface area contributed by atoms with Crippen LogP contribution in [0.4, 0.5) is 0 Å². The van der Waals surface area contributed by atoms with Gasteiger partial charge in [0.2, 0.25) is 0 Å². The molecule has 0 amide bonds. The molecule has 0 atom stereocenters. The summed E-state index contributed by atoms with van der Waals surface area (Å²) in [4.78, 5) is 14.1. The molecular formula is C22H16ClN3. The van der Waals surface area contributed by atoms with Crippen LogP contribution in [0.3, 0.4) is 0 Å². The maximum atomic E-state index is 6.15. The molecule has 0 radical (unpaired) electrons. The molecule has 3 aromatic carbocycles. The number of halogens is 1. The summed E-state index contributed by atoms with van der Waals surface area (Å²) in [5, 5.41) is 0.654. The van der Waals surface area contributed by atoms with Crippen molar-refractivity contribution in [3.63, 3.8) is 0 Å². The molecule has 0 bridgehead atoms. The van der Waals surface area contributed by atoms with Gasteiger partial charge in [-0.15, -0.1) is 0 Å². The second kappa shape index (κ2) is 7.06. The van der Waals surface area contributed by atoms with Crippen LogP contribution in [-0.4, -0.2) is 15.0 Å². The first-order valence-electron chi connectivity index (χ1n) is 8.33. The lowest BCUT2D eigenvalue weighted by atomic mass is 10.1. The number of aryl methyl sites for hydroxylation is 1. The molecule has 0 spiro atoms. The van der Waals surface area contributed by atoms with Gasteiger partial charge in [0.1, 0.15) is 0 Å². The normalized spacial score (nSPS) is 10.7. The van der Waals surface area contributed by atoms with Gasteiger partial charge in [-0.25, -0.2) is 15.0 Å². The number of nitrogens with zero attached hydrogens (tertiary/aromatic N) is 3. The SMILES string of the molecule is Cc1ccc(-c2nc(-c3ccccc3)nc(-c3cccc(Cl)c3)n2)cc1. The predicted octanol–water partition coefficient (Wildman–Crippen LogP) is 5.83. The van der Waals surface area contributed by atoms with Crippen LogP contribution in [0.2, 0.25) is 5.02 Å². The molecule has 1 heterocycles. The summed E-state index contributed by atoms with van der Waals surface area (Å²) in [6, 6.07) is 25.6. The number of hydrogen-bond donors (Lipinski definition) is 0. The Morgan fingerprint density at radius 2 is 1.12 bits per heavy atom. The van der Waals surface area contributed by atoms with Crippen molar-refractivity contribution in [3.8, 4) is 34.2 Å². The van der Waals surface area contributed by atoms with Gasteiger partial charge in [0, 0.05) is 21.7 Å². The molecule has 3 nitrogen and oxygen atoms in total. The second-order valence-electron chi connectivity index (χ2n) is 6.05. The summed E-state index contributed by atoms with van der Waals surface area (Å²) >= 11 is 6.15. The van der Waals surface area contributed by atoms with E-state index >= 15 is 0 Å². The third-order valence-electron chi connectivity index (χ3n) is 4.06. The van der Waals surface area contributed by atoms with Crippen LogP contribution in [0.5, 0.6) is 0 Å². The van der Waals surface area contributed by atoms with Crippen LogP contribution in [-0.2, 0) is 0 Å². The number of aromatic nitrogens is 3. The Morgan fingerprint density at radius 1 is 0.577 bits per heavy atom. The molecule has 0 saturated carbocycles. The van der Waals surface area contributed by atoms with E-state index in [1.165, 1.54) is 5.56 Å². The van der Waals surface area contributed by atoms with Gasteiger partial charge in [-0.1, -0.05) is 83.9 Å². The van der Waals surface area contributed by atoms with Crippen molar-refractivity contribution < 1.29 is 0 Å². The van der Waals surface area contributed by atoms with E-state index in [4.69, 9.17) is 16.6 Å². The van der Waals surface area contributed by atoms with Crippen molar-refractivity contribution in [1.29, 1.82) is 0 Å². The molecule has 4 rings (SSSR count). The molecule has 4 heteroatoms. The first-order chi connectivity index (χ1) is 12.7. The van der Waals surface area contributed by atoms with Gasteiger partial charge in [-0.3, -0.25) is 0 Å². The van der Waals surface area contributed by atoms with Crippen molar-refractivity contribution >= 4 is 11.6 Å². The third kappa shape index (κ3) is 3.48. The molecule has 126 valence electrons. The highest BCUT2D eigenvalue weighted by Crippen LogP contribution is 2.26. The monoisotopic (exact) mass is 357 g/mol. The Labute approximate surface area is 157 Å². The summed E-state index contributed by atoms with van der Waals surface area (Å²) in [7, 11) is 0. The van der Waals surface area contributed by atoms with E-state index in [1.54, 1.807) is 0 Å². The maximum absolute atomic E-state index is 6.15. The fourth-order valence-electron chi connectivity index (χ4n) is 2.68. The zero-order valence-corrected chi connectivity index (χ0v) is 15.0. The highest BCUT2D eigenvalue weighted by Gasteiger charge is 2.12. The number of hydrogen-bond acceptors (Lipinski definition) is 3. The standard InChI is InChI=1S/C22H16ClN3/c1-15-10-12-17(13-11-15)21-24-20(16-6-3-2-4-7-16)25-22(26-21)18-8-5-9-19(23)14-18/h2-14H,1H3. The Bertz CT molecular complexity index is 1040. The minimum atomic E-state index is 0.608. The van der Waals surface area contributed by atoms with Gasteiger partial charge in [0.15, 0.2) is 17.5 Å². The van der Waals surface area contributed by atoms with E-state index in [-0.39, 0.29) is 0 Å². The molecule has 26 heavy (non-hydrogen) atoms. The lowest BCUT2D eigenvalue weighted by Crippen LogP contribution is -2.00. The summed E-state index contributed by atoms with van der Waals surface area (Å²) in [5.74, 6) is 1.90. The van der Waals surface area contributed by atoms with Gasteiger partial charge in [0.25, 0.3) is 0 Å². The quantitative estimate of drug-likeness (QED) is 0.462. The van der Waals surface area contributed by atoms with Gasteiger partial charge < -0.3 is 0 Å². The average Bonchev–Trinajstić information content (AvgIpc) is 2.69. The summed E-state index contributed by atoms with van der Waals surface area (Å²) in [6.45, 7) is 2.06. The summed E-state index contributed by atoms with van der Waals surface area (Å²) < 4.78 is 0. The van der Waals surface area contributed by atoms with Crippen LogP contribution < -0.4 is 0 Å².